The minimum absolute atomic E-state index is 0. The van der Waals surface area contributed by atoms with Crippen LogP contribution in [0.2, 0.25) is 0 Å². The van der Waals surface area contributed by atoms with E-state index >= 15 is 0 Å². The molecule has 3 aliphatic heterocycles. The van der Waals surface area contributed by atoms with Crippen molar-refractivity contribution in [2.75, 3.05) is 40.0 Å². The second-order valence-corrected chi connectivity index (χ2v) is 56.5. The SMILES string of the molecule is Cc1ccc2c(c1)[C]([Hf][C]1=C3C=CC=CC3c3ccc4c(c31)[P+](C)(C)C4)=C1C=CC=CC12.Cc1ccc2c(c1)[C]([Hf][C]1=C3C=CC=CC3c3ccc4c(c31)[P+](C)(C)C4)=C1C=CC=CC12.Cc1ccc2c(c1)[C]([Hf][C]1=C3C=CC=CC3c3ccc4c(c31)[P+](C)(C)C4)=C1C=CC=CC12.[Cl-].[Cl-].[I-]. The number of fused-ring (bicyclic) bond motifs is 24. The van der Waals surface area contributed by atoms with Crippen LogP contribution in [-0.2, 0) is 87.2 Å². The smallest absolute Gasteiger partial charge is 1.00 e. The van der Waals surface area contributed by atoms with E-state index in [-0.39, 0.29) is 48.8 Å². The molecule has 6 atom stereocenters. The van der Waals surface area contributed by atoms with E-state index in [2.05, 4.69) is 298 Å². The summed E-state index contributed by atoms with van der Waals surface area (Å²) in [6.07, 6.45) is 60.2. The second-order valence-electron chi connectivity index (χ2n) is 30.6. The minimum atomic E-state index is -1.32. The molecule has 0 nitrogen and oxygen atoms in total. The van der Waals surface area contributed by atoms with Crippen molar-refractivity contribution in [2.24, 2.45) is 0 Å². The number of hydrogen-bond donors (Lipinski definition) is 0. The number of aryl methyl sites for hydroxylation is 3. The monoisotopic (exact) mass is 1990 g/mol. The van der Waals surface area contributed by atoms with Crippen LogP contribution in [0.1, 0.15) is 136 Å². The fourth-order valence-electron chi connectivity index (χ4n) is 19.1. The average Bonchev–Trinajstić information content (AvgIpc) is 1.63. The molecule has 0 amide bonds. The standard InChI is InChI=1S/3C16H15P.3C14H11.2ClH.3Hf.HI/c3*1-17(2)10-12-7-8-14-13-6-4-3-5-11(13)9-15(14)16(12)17;3*1-10-6-7-14-12(8-10)9-11-4-2-3-5-13(11)14;;;;;;/h3*3-8,13H,10H2,1-2H3;3*2-8,13H,1H3;2*1H;;;;1H/q3*+1;;;;;;;;;/p-3. The zero-order valence-electron chi connectivity index (χ0n) is 57.6. The van der Waals surface area contributed by atoms with Gasteiger partial charge in [0, 0.05) is 0 Å². The molecule has 6 aromatic rings. The summed E-state index contributed by atoms with van der Waals surface area (Å²) in [5.41, 5.74) is 37.8. The summed E-state index contributed by atoms with van der Waals surface area (Å²) in [4.78, 5) is 0. The van der Waals surface area contributed by atoms with Gasteiger partial charge in [0.05, 0.1) is 0 Å². The van der Waals surface area contributed by atoms with E-state index in [0.717, 1.165) is 0 Å². The quantitative estimate of drug-likeness (QED) is 0.0886. The van der Waals surface area contributed by atoms with Gasteiger partial charge in [-0.05, 0) is 0 Å². The van der Waals surface area contributed by atoms with Crippen LogP contribution in [0, 0.1) is 20.8 Å². The van der Waals surface area contributed by atoms with Crippen LogP contribution in [-0.4, -0.2) is 40.0 Å². The van der Waals surface area contributed by atoms with Crippen molar-refractivity contribution in [2.45, 2.75) is 74.8 Å². The van der Waals surface area contributed by atoms with E-state index in [1.807, 2.05) is 0 Å². The molecule has 6 aromatic carbocycles. The Morgan fingerprint density at radius 3 is 0.747 bits per heavy atom. The molecule has 0 aromatic heterocycles. The summed E-state index contributed by atoms with van der Waals surface area (Å²) in [5.74, 6) is 2.82. The van der Waals surface area contributed by atoms with Crippen molar-refractivity contribution in [1.29, 1.82) is 0 Å². The summed E-state index contributed by atoms with van der Waals surface area (Å²) < 4.78 is 10.6. The fourth-order valence-corrected chi connectivity index (χ4v) is 47.6. The largest absolute Gasteiger partial charge is 1.00 e. The Morgan fingerprint density at radius 2 is 0.505 bits per heavy atom. The van der Waals surface area contributed by atoms with Crippen molar-refractivity contribution in [1.82, 2.24) is 0 Å². The molecule has 0 fully saturated rings. The van der Waals surface area contributed by atoms with Gasteiger partial charge < -0.3 is 48.8 Å². The third-order valence-corrected chi connectivity index (χ3v) is 49.0. The van der Waals surface area contributed by atoms with Crippen LogP contribution < -0.4 is 64.7 Å². The van der Waals surface area contributed by atoms with E-state index in [1.165, 1.54) is 51.9 Å². The molecule has 99 heavy (non-hydrogen) atoms. The Bertz CT molecular complexity index is 4760. The molecule has 0 saturated heterocycles. The molecule has 15 aliphatic rings. The van der Waals surface area contributed by atoms with Crippen molar-refractivity contribution in [3.8, 4) is 0 Å². The molecule has 0 bridgehead atoms. The number of hydrogen-bond acceptors (Lipinski definition) is 0. The van der Waals surface area contributed by atoms with Crippen LogP contribution in [0.25, 0.3) is 20.0 Å². The first-order chi connectivity index (χ1) is 46.6. The van der Waals surface area contributed by atoms with E-state index in [4.69, 9.17) is 0 Å². The Hall–Kier alpha value is -4.15. The molecule has 0 radical (unpaired) electrons. The maximum Gasteiger partial charge on any atom is -1.00 e. The first-order valence-corrected chi connectivity index (χ1v) is 54.1. The maximum absolute atomic E-state index is 2.56. The molecule has 6 unspecified atom stereocenters. The van der Waals surface area contributed by atoms with Crippen molar-refractivity contribution in [3.63, 3.8) is 0 Å². The van der Waals surface area contributed by atoms with E-state index in [1.54, 1.807) is 136 Å². The van der Waals surface area contributed by atoms with Crippen molar-refractivity contribution in [3.05, 3.63) is 370 Å². The predicted octanol–water partition coefficient (Wildman–Crippen LogP) is 12.2. The minimum Gasteiger partial charge on any atom is -1.00 e. The summed E-state index contributed by atoms with van der Waals surface area (Å²) in [6.45, 7) is 22.1. The van der Waals surface area contributed by atoms with Crippen LogP contribution in [0.15, 0.2) is 270 Å². The van der Waals surface area contributed by atoms with Gasteiger partial charge in [-0.1, -0.05) is 0 Å². The number of benzene rings is 6. The van der Waals surface area contributed by atoms with E-state index in [0.29, 0.717) is 35.5 Å². The zero-order chi connectivity index (χ0) is 64.8. The van der Waals surface area contributed by atoms with Crippen molar-refractivity contribution >= 4 is 57.7 Å². The molecule has 0 N–H and O–H groups in total. The van der Waals surface area contributed by atoms with Crippen LogP contribution >= 0.6 is 21.8 Å². The van der Waals surface area contributed by atoms with Crippen LogP contribution in [0.5, 0.6) is 0 Å². The van der Waals surface area contributed by atoms with Gasteiger partial charge in [0.15, 0.2) is 0 Å². The fraction of sp³-hybridized carbons (Fsp3) is 0.200. The summed E-state index contributed by atoms with van der Waals surface area (Å²) in [5, 5.41) is 5.31. The van der Waals surface area contributed by atoms with Gasteiger partial charge in [0.25, 0.3) is 0 Å². The van der Waals surface area contributed by atoms with Crippen LogP contribution in [0.4, 0.5) is 0 Å². The van der Waals surface area contributed by atoms with Gasteiger partial charge in [-0.25, -0.2) is 0 Å². The topological polar surface area (TPSA) is 0 Å². The first kappa shape index (κ1) is 69.2. The van der Waals surface area contributed by atoms with E-state index in [9.17, 15) is 0 Å². The van der Waals surface area contributed by atoms with Gasteiger partial charge in [-0.2, -0.15) is 0 Å². The summed E-state index contributed by atoms with van der Waals surface area (Å²) in [7, 11) is -2.93. The van der Waals surface area contributed by atoms with E-state index < -0.39 is 90.5 Å². The Kier molecular flexibility index (Phi) is 18.3. The molecule has 0 spiro atoms. The Morgan fingerprint density at radius 1 is 0.283 bits per heavy atom. The summed E-state index contributed by atoms with van der Waals surface area (Å²) in [6, 6.07) is 36.2. The third kappa shape index (κ3) is 11.0. The molecular formula is C90H78Cl2Hf3IP3. The predicted molar refractivity (Wildman–Crippen MR) is 407 cm³/mol. The van der Waals surface area contributed by atoms with Gasteiger partial charge in [0.2, 0.25) is 0 Å². The number of rotatable bonds is 6. The number of halogens is 3. The summed E-state index contributed by atoms with van der Waals surface area (Å²) >= 11 is -3.96. The molecule has 0 saturated carbocycles. The van der Waals surface area contributed by atoms with Gasteiger partial charge in [-0.15, -0.1) is 0 Å². The molecule has 9 heteroatoms. The average molecular weight is 1990 g/mol. The Balaban J connectivity index is 0.000000114. The van der Waals surface area contributed by atoms with Crippen LogP contribution in [0.3, 0.4) is 0 Å². The second kappa shape index (κ2) is 26.2. The first-order valence-electron chi connectivity index (χ1n) is 34.8. The van der Waals surface area contributed by atoms with Crippen molar-refractivity contribution < 1.29 is 118 Å². The molecule has 3 heterocycles. The van der Waals surface area contributed by atoms with Gasteiger partial charge in [-0.3, -0.25) is 0 Å². The molecule has 12 aliphatic carbocycles. The molecular weight excluding hydrogens is 1910 g/mol. The maximum atomic E-state index is 2.56. The number of allylic oxidation sites excluding steroid dienone is 30. The molecule has 21 rings (SSSR count). The van der Waals surface area contributed by atoms with Gasteiger partial charge in [0.1, 0.15) is 0 Å². The van der Waals surface area contributed by atoms with Gasteiger partial charge >= 0.3 is 612 Å². The normalized spacial score (nSPS) is 24.0. The third-order valence-electron chi connectivity index (χ3n) is 23.2. The Labute approximate surface area is 652 Å². The zero-order valence-corrected chi connectivity index (χ0v) is 74.7. The molecule has 486 valence electrons.